The molecule has 2 heterocycles. The van der Waals surface area contributed by atoms with Crippen molar-refractivity contribution in [3.63, 3.8) is 0 Å². The lowest BCUT2D eigenvalue weighted by Gasteiger charge is -2.34. The Morgan fingerprint density at radius 1 is 1.39 bits per heavy atom. The van der Waals surface area contributed by atoms with Crippen molar-refractivity contribution in [3.8, 4) is 5.69 Å². The molecule has 0 bridgehead atoms. The maximum absolute atomic E-state index is 12.7. The topological polar surface area (TPSA) is 110 Å². The van der Waals surface area contributed by atoms with Crippen LogP contribution in [0, 0.1) is 16.0 Å². The van der Waals surface area contributed by atoms with Crippen LogP contribution in [0.25, 0.3) is 5.69 Å². The van der Waals surface area contributed by atoms with Crippen LogP contribution in [0.1, 0.15) is 19.8 Å². The van der Waals surface area contributed by atoms with E-state index >= 15 is 0 Å². The maximum Gasteiger partial charge on any atom is 0.292 e. The summed E-state index contributed by atoms with van der Waals surface area (Å²) < 4.78 is 1.12. The SMILES string of the molecule is CC(=O)NCC1CCCN(c2cnn(-c3ccc([N+](=O)[O-])cc3)c(=O)c2Cl)C1. The molecular weight excluding hydrogens is 386 g/mol. The molecule has 1 N–H and O–H groups in total. The number of hydrogen-bond donors (Lipinski definition) is 1. The van der Waals surface area contributed by atoms with Crippen LogP contribution < -0.4 is 15.8 Å². The third-order valence-electron chi connectivity index (χ3n) is 4.70. The molecule has 1 unspecified atom stereocenters. The van der Waals surface area contributed by atoms with E-state index in [2.05, 4.69) is 10.4 Å². The van der Waals surface area contributed by atoms with E-state index in [1.54, 1.807) is 0 Å². The summed E-state index contributed by atoms with van der Waals surface area (Å²) in [6.45, 7) is 3.48. The van der Waals surface area contributed by atoms with Crippen molar-refractivity contribution in [1.82, 2.24) is 15.1 Å². The molecule has 1 amide bonds. The average molecular weight is 406 g/mol. The quantitative estimate of drug-likeness (QED) is 0.602. The molecule has 1 aliphatic heterocycles. The molecule has 1 aromatic carbocycles. The molecule has 1 fully saturated rings. The summed E-state index contributed by atoms with van der Waals surface area (Å²) in [4.78, 5) is 36.1. The first-order valence-electron chi connectivity index (χ1n) is 8.89. The van der Waals surface area contributed by atoms with E-state index in [0.29, 0.717) is 24.5 Å². The standard InChI is InChI=1S/C18H20ClN5O4/c1-12(25)20-9-13-3-2-8-22(11-13)16-10-21-23(18(26)17(16)19)14-4-6-15(7-5-14)24(27)28/h4-7,10,13H,2-3,8-9,11H2,1H3,(H,20,25). The Hall–Kier alpha value is -2.94. The van der Waals surface area contributed by atoms with Crippen LogP contribution >= 0.6 is 11.6 Å². The first kappa shape index (κ1) is 19.8. The number of piperidine rings is 1. The second kappa shape index (κ2) is 8.39. The predicted octanol–water partition coefficient (Wildman–Crippen LogP) is 2.15. The van der Waals surface area contributed by atoms with Crippen LogP contribution in [0.5, 0.6) is 0 Å². The summed E-state index contributed by atoms with van der Waals surface area (Å²) in [7, 11) is 0. The van der Waals surface area contributed by atoms with Crippen LogP contribution in [0.15, 0.2) is 35.3 Å². The highest BCUT2D eigenvalue weighted by Crippen LogP contribution is 2.27. The Morgan fingerprint density at radius 3 is 2.75 bits per heavy atom. The molecule has 148 valence electrons. The minimum absolute atomic E-state index is 0.0496. The zero-order chi connectivity index (χ0) is 20.3. The molecule has 1 aliphatic rings. The van der Waals surface area contributed by atoms with Gasteiger partial charge in [-0.05, 0) is 30.9 Å². The van der Waals surface area contributed by atoms with E-state index in [1.165, 1.54) is 37.4 Å². The highest BCUT2D eigenvalue weighted by molar-refractivity contribution is 6.33. The van der Waals surface area contributed by atoms with Gasteiger partial charge in [-0.25, -0.2) is 0 Å². The van der Waals surface area contributed by atoms with Gasteiger partial charge in [0.15, 0.2) is 0 Å². The summed E-state index contributed by atoms with van der Waals surface area (Å²) in [5.74, 6) is 0.202. The zero-order valence-electron chi connectivity index (χ0n) is 15.3. The lowest BCUT2D eigenvalue weighted by molar-refractivity contribution is -0.384. The highest BCUT2D eigenvalue weighted by Gasteiger charge is 2.24. The predicted molar refractivity (Wildman–Crippen MR) is 105 cm³/mol. The Labute approximate surface area is 166 Å². The third-order valence-corrected chi connectivity index (χ3v) is 5.06. The number of nitrogens with zero attached hydrogens (tertiary/aromatic N) is 4. The Bertz CT molecular complexity index is 944. The fraction of sp³-hybridized carbons (Fsp3) is 0.389. The highest BCUT2D eigenvalue weighted by atomic mass is 35.5. The van der Waals surface area contributed by atoms with Crippen molar-refractivity contribution in [2.45, 2.75) is 19.8 Å². The minimum Gasteiger partial charge on any atom is -0.369 e. The van der Waals surface area contributed by atoms with Gasteiger partial charge in [0.1, 0.15) is 5.02 Å². The zero-order valence-corrected chi connectivity index (χ0v) is 16.1. The summed E-state index contributed by atoms with van der Waals surface area (Å²) in [5.41, 5.74) is 0.388. The molecule has 0 spiro atoms. The first-order chi connectivity index (χ1) is 13.4. The summed E-state index contributed by atoms with van der Waals surface area (Å²) in [6, 6.07) is 5.52. The van der Waals surface area contributed by atoms with Gasteiger partial charge in [-0.1, -0.05) is 11.6 Å². The van der Waals surface area contributed by atoms with Crippen LogP contribution in [0.3, 0.4) is 0 Å². The molecule has 1 saturated heterocycles. The molecule has 0 radical (unpaired) electrons. The summed E-state index contributed by atoms with van der Waals surface area (Å²) in [5, 5.41) is 17.8. The second-order valence-corrected chi connectivity index (χ2v) is 7.10. The van der Waals surface area contributed by atoms with E-state index in [0.717, 1.165) is 24.1 Å². The number of hydrogen-bond acceptors (Lipinski definition) is 6. The monoisotopic (exact) mass is 405 g/mol. The lowest BCUT2D eigenvalue weighted by atomic mass is 9.97. The summed E-state index contributed by atoms with van der Waals surface area (Å²) >= 11 is 6.35. The number of amides is 1. The molecule has 0 aliphatic carbocycles. The molecule has 2 aromatic rings. The number of rotatable bonds is 5. The summed E-state index contributed by atoms with van der Waals surface area (Å²) in [6.07, 6.45) is 3.44. The van der Waals surface area contributed by atoms with Gasteiger partial charge < -0.3 is 10.2 Å². The van der Waals surface area contributed by atoms with Gasteiger partial charge in [0.25, 0.3) is 11.2 Å². The van der Waals surface area contributed by atoms with Crippen molar-refractivity contribution in [1.29, 1.82) is 0 Å². The van der Waals surface area contributed by atoms with Gasteiger partial charge in [0.05, 0.1) is 22.5 Å². The van der Waals surface area contributed by atoms with E-state index < -0.39 is 10.5 Å². The van der Waals surface area contributed by atoms with Crippen molar-refractivity contribution < 1.29 is 9.72 Å². The lowest BCUT2D eigenvalue weighted by Crippen LogP contribution is -2.41. The molecule has 28 heavy (non-hydrogen) atoms. The first-order valence-corrected chi connectivity index (χ1v) is 9.26. The smallest absolute Gasteiger partial charge is 0.292 e. The normalized spacial score (nSPS) is 16.6. The number of carbonyl (C=O) groups excluding carboxylic acids is 1. The van der Waals surface area contributed by atoms with Crippen molar-refractivity contribution in [3.05, 3.63) is 56.0 Å². The Morgan fingerprint density at radius 2 is 2.11 bits per heavy atom. The van der Waals surface area contributed by atoms with Crippen molar-refractivity contribution in [2.75, 3.05) is 24.5 Å². The van der Waals surface area contributed by atoms with Crippen molar-refractivity contribution in [2.24, 2.45) is 5.92 Å². The van der Waals surface area contributed by atoms with Gasteiger partial charge >= 0.3 is 0 Å². The number of nitro benzene ring substituents is 1. The second-order valence-electron chi connectivity index (χ2n) is 6.73. The third kappa shape index (κ3) is 4.30. The number of non-ortho nitro benzene ring substituents is 1. The van der Waals surface area contributed by atoms with Gasteiger partial charge in [-0.15, -0.1) is 0 Å². The molecule has 9 nitrogen and oxygen atoms in total. The van der Waals surface area contributed by atoms with Gasteiger partial charge in [0.2, 0.25) is 5.91 Å². The molecule has 10 heteroatoms. The van der Waals surface area contributed by atoms with Gasteiger partial charge in [-0.3, -0.25) is 19.7 Å². The Kier molecular flexibility index (Phi) is 5.93. The minimum atomic E-state index is -0.510. The number of halogens is 1. The number of anilines is 1. The largest absolute Gasteiger partial charge is 0.369 e. The van der Waals surface area contributed by atoms with Gasteiger partial charge in [-0.2, -0.15) is 9.78 Å². The van der Waals surface area contributed by atoms with Crippen LogP contribution in [0.2, 0.25) is 5.02 Å². The van der Waals surface area contributed by atoms with E-state index in [1.807, 2.05) is 4.90 Å². The average Bonchev–Trinajstić information content (AvgIpc) is 2.69. The van der Waals surface area contributed by atoms with Gasteiger partial charge in [0, 0.05) is 38.7 Å². The number of aromatic nitrogens is 2. The van der Waals surface area contributed by atoms with Crippen LogP contribution in [-0.2, 0) is 4.79 Å². The fourth-order valence-corrected chi connectivity index (χ4v) is 3.53. The van der Waals surface area contributed by atoms with E-state index in [9.17, 15) is 19.7 Å². The molecule has 1 atom stereocenters. The van der Waals surface area contributed by atoms with Crippen molar-refractivity contribution >= 4 is 28.9 Å². The van der Waals surface area contributed by atoms with E-state index in [4.69, 9.17) is 11.6 Å². The molecule has 3 rings (SSSR count). The van der Waals surface area contributed by atoms with E-state index in [-0.39, 0.29) is 22.5 Å². The molecule has 1 aromatic heterocycles. The fourth-order valence-electron chi connectivity index (χ4n) is 3.28. The number of nitrogens with one attached hydrogen (secondary N) is 1. The Balaban J connectivity index is 1.82. The van der Waals surface area contributed by atoms with Crippen LogP contribution in [0.4, 0.5) is 11.4 Å². The number of benzene rings is 1. The number of nitro groups is 1. The number of carbonyl (C=O) groups is 1. The molecule has 0 saturated carbocycles. The van der Waals surface area contributed by atoms with Crippen LogP contribution in [-0.4, -0.2) is 40.2 Å². The molecular formula is C18H20ClN5O4. The maximum atomic E-state index is 12.7.